The summed E-state index contributed by atoms with van der Waals surface area (Å²) in [5.74, 6) is -6.28. The highest BCUT2D eigenvalue weighted by Gasteiger charge is 2.61. The van der Waals surface area contributed by atoms with Crippen molar-refractivity contribution >= 4 is 5.91 Å². The Bertz CT molecular complexity index is 244. The van der Waals surface area contributed by atoms with Gasteiger partial charge in [-0.1, -0.05) is 6.92 Å². The van der Waals surface area contributed by atoms with Gasteiger partial charge >= 0.3 is 12.4 Å². The first kappa shape index (κ1) is 16.0. The second-order valence-corrected chi connectivity index (χ2v) is 3.31. The Morgan fingerprint density at radius 3 is 1.82 bits per heavy atom. The van der Waals surface area contributed by atoms with Crippen LogP contribution in [0.1, 0.15) is 13.3 Å². The summed E-state index contributed by atoms with van der Waals surface area (Å²) < 4.78 is 72.5. The van der Waals surface area contributed by atoms with Crippen molar-refractivity contribution in [3.8, 4) is 0 Å². The lowest BCUT2D eigenvalue weighted by Gasteiger charge is -2.24. The van der Waals surface area contributed by atoms with Crippen LogP contribution in [0.25, 0.3) is 0 Å². The van der Waals surface area contributed by atoms with Gasteiger partial charge in [-0.25, -0.2) is 0 Å². The maximum Gasteiger partial charge on any atom is 0.409 e. The molecule has 0 aliphatic heterocycles. The molecule has 17 heavy (non-hydrogen) atoms. The Hall–Kier alpha value is -0.990. The molecule has 0 aromatic carbocycles. The smallest absolute Gasteiger partial charge is 0.394 e. The molecule has 0 rings (SSSR count). The van der Waals surface area contributed by atoms with Crippen molar-refractivity contribution < 1.29 is 36.2 Å². The van der Waals surface area contributed by atoms with Crippen LogP contribution in [0.5, 0.6) is 0 Å². The van der Waals surface area contributed by atoms with Crippen LogP contribution in [0.4, 0.5) is 26.3 Å². The lowest BCUT2D eigenvalue weighted by Crippen LogP contribution is -2.51. The van der Waals surface area contributed by atoms with Gasteiger partial charge in [0.1, 0.15) is 0 Å². The lowest BCUT2D eigenvalue weighted by atomic mass is 10.1. The number of hydrogen-bond donors (Lipinski definition) is 2. The topological polar surface area (TPSA) is 49.3 Å². The number of aliphatic hydroxyl groups is 1. The molecule has 2 N–H and O–H groups in total. The molecule has 0 aromatic heterocycles. The molecular formula is C8H11F6NO2. The molecule has 9 heteroatoms. The molecule has 3 nitrogen and oxygen atoms in total. The number of rotatable bonds is 4. The summed E-state index contributed by atoms with van der Waals surface area (Å²) in [5.41, 5.74) is 0. The number of aliphatic hydroxyl groups excluding tert-OH is 1. The fourth-order valence-corrected chi connectivity index (χ4v) is 1.04. The minimum atomic E-state index is -5.71. The number of halogens is 6. The number of carbonyl (C=O) groups is 1. The first-order valence-electron chi connectivity index (χ1n) is 4.58. The van der Waals surface area contributed by atoms with Crippen LogP contribution in [-0.4, -0.2) is 36.0 Å². The second-order valence-electron chi connectivity index (χ2n) is 3.31. The van der Waals surface area contributed by atoms with E-state index in [1.54, 1.807) is 0 Å². The molecule has 1 amide bonds. The Kier molecular flexibility index (Phi) is 5.24. The Morgan fingerprint density at radius 1 is 1.18 bits per heavy atom. The van der Waals surface area contributed by atoms with Crippen LogP contribution in [0.2, 0.25) is 0 Å². The van der Waals surface area contributed by atoms with Crippen molar-refractivity contribution in [2.45, 2.75) is 31.7 Å². The summed E-state index contributed by atoms with van der Waals surface area (Å²) in [5, 5.41) is 10.1. The molecule has 1 atom stereocenters. The normalized spacial score (nSPS) is 14.9. The van der Waals surface area contributed by atoms with E-state index in [4.69, 9.17) is 5.11 Å². The fourth-order valence-electron chi connectivity index (χ4n) is 1.04. The molecule has 0 saturated heterocycles. The SMILES string of the molecule is CC[C@@H](CO)NC(=O)C(C(F)(F)F)C(F)(F)F. The third-order valence-corrected chi connectivity index (χ3v) is 1.98. The standard InChI is InChI=1S/C8H11F6NO2/c1-2-4(3-16)15-6(17)5(7(9,10)11)8(12,13)14/h4-5,16H,2-3H2,1H3,(H,15,17)/t4-/m0/s1. The molecule has 0 spiro atoms. The van der Waals surface area contributed by atoms with E-state index in [-0.39, 0.29) is 6.42 Å². The Balaban J connectivity index is 4.91. The first-order valence-corrected chi connectivity index (χ1v) is 4.58. The Labute approximate surface area is 92.8 Å². The van der Waals surface area contributed by atoms with E-state index in [1.165, 1.54) is 12.2 Å². The summed E-state index contributed by atoms with van der Waals surface area (Å²) in [4.78, 5) is 10.9. The number of nitrogens with one attached hydrogen (secondary N) is 1. The molecule has 102 valence electrons. The van der Waals surface area contributed by atoms with E-state index in [0.717, 1.165) is 0 Å². The molecule has 0 radical (unpaired) electrons. The summed E-state index contributed by atoms with van der Waals surface area (Å²) in [6.45, 7) is 0.669. The van der Waals surface area contributed by atoms with E-state index >= 15 is 0 Å². The lowest BCUT2D eigenvalue weighted by molar-refractivity contribution is -0.274. The van der Waals surface area contributed by atoms with Crippen molar-refractivity contribution in [1.82, 2.24) is 5.32 Å². The zero-order chi connectivity index (χ0) is 13.9. The van der Waals surface area contributed by atoms with Crippen LogP contribution in [0.15, 0.2) is 0 Å². The number of hydrogen-bond acceptors (Lipinski definition) is 2. The largest absolute Gasteiger partial charge is 0.409 e. The van der Waals surface area contributed by atoms with Gasteiger partial charge < -0.3 is 10.4 Å². The predicted octanol–water partition coefficient (Wildman–Crippen LogP) is 1.61. The summed E-state index contributed by atoms with van der Waals surface area (Å²) in [6.07, 6.45) is -11.4. The zero-order valence-corrected chi connectivity index (χ0v) is 8.69. The molecule has 0 bridgehead atoms. The number of alkyl halides is 6. The molecule has 0 aliphatic carbocycles. The van der Waals surface area contributed by atoms with Crippen molar-refractivity contribution in [1.29, 1.82) is 0 Å². The van der Waals surface area contributed by atoms with Crippen molar-refractivity contribution in [3.63, 3.8) is 0 Å². The molecule has 0 heterocycles. The first-order chi connectivity index (χ1) is 7.54. The van der Waals surface area contributed by atoms with Gasteiger partial charge in [0.15, 0.2) is 0 Å². The van der Waals surface area contributed by atoms with Crippen LogP contribution in [-0.2, 0) is 4.79 Å². The van der Waals surface area contributed by atoms with E-state index < -0.39 is 36.8 Å². The predicted molar refractivity (Wildman–Crippen MR) is 44.9 cm³/mol. The van der Waals surface area contributed by atoms with Gasteiger partial charge in [0.25, 0.3) is 0 Å². The van der Waals surface area contributed by atoms with Gasteiger partial charge in [-0.15, -0.1) is 0 Å². The van der Waals surface area contributed by atoms with Gasteiger partial charge in [-0.2, -0.15) is 26.3 Å². The molecule has 0 aliphatic rings. The second kappa shape index (κ2) is 5.56. The van der Waals surface area contributed by atoms with Gasteiger partial charge in [-0.05, 0) is 6.42 Å². The molecule has 0 unspecified atom stereocenters. The minimum absolute atomic E-state index is 0.0185. The van der Waals surface area contributed by atoms with E-state index in [1.807, 2.05) is 0 Å². The number of amides is 1. The average Bonchev–Trinajstić information content (AvgIpc) is 2.09. The quantitative estimate of drug-likeness (QED) is 0.760. The van der Waals surface area contributed by atoms with Crippen LogP contribution in [0, 0.1) is 5.92 Å². The summed E-state index contributed by atoms with van der Waals surface area (Å²) in [6, 6.07) is -1.13. The molecular weight excluding hydrogens is 256 g/mol. The van der Waals surface area contributed by atoms with Gasteiger partial charge in [0.05, 0.1) is 12.6 Å². The Morgan fingerprint density at radius 2 is 1.59 bits per heavy atom. The van der Waals surface area contributed by atoms with Crippen molar-refractivity contribution in [2.75, 3.05) is 6.61 Å². The molecule has 0 fully saturated rings. The van der Waals surface area contributed by atoms with Crippen LogP contribution in [0.3, 0.4) is 0 Å². The van der Waals surface area contributed by atoms with E-state index in [2.05, 4.69) is 0 Å². The molecule has 0 saturated carbocycles. The maximum atomic E-state index is 12.1. The van der Waals surface area contributed by atoms with E-state index in [0.29, 0.717) is 0 Å². The van der Waals surface area contributed by atoms with Crippen LogP contribution >= 0.6 is 0 Å². The number of carbonyl (C=O) groups excluding carboxylic acids is 1. The van der Waals surface area contributed by atoms with Gasteiger partial charge in [0.2, 0.25) is 11.8 Å². The average molecular weight is 267 g/mol. The van der Waals surface area contributed by atoms with Crippen molar-refractivity contribution in [2.24, 2.45) is 5.92 Å². The van der Waals surface area contributed by atoms with Crippen LogP contribution < -0.4 is 5.32 Å². The monoisotopic (exact) mass is 267 g/mol. The van der Waals surface area contributed by atoms with Crippen molar-refractivity contribution in [3.05, 3.63) is 0 Å². The highest BCUT2D eigenvalue weighted by Crippen LogP contribution is 2.39. The summed E-state index contributed by atoms with van der Waals surface area (Å²) in [7, 11) is 0. The minimum Gasteiger partial charge on any atom is -0.394 e. The van der Waals surface area contributed by atoms with Gasteiger partial charge in [-0.3, -0.25) is 4.79 Å². The zero-order valence-electron chi connectivity index (χ0n) is 8.69. The summed E-state index contributed by atoms with van der Waals surface area (Å²) >= 11 is 0. The third-order valence-electron chi connectivity index (χ3n) is 1.98. The van der Waals surface area contributed by atoms with E-state index in [9.17, 15) is 31.1 Å². The fraction of sp³-hybridized carbons (Fsp3) is 0.875. The highest BCUT2D eigenvalue weighted by atomic mass is 19.4. The maximum absolute atomic E-state index is 12.1. The highest BCUT2D eigenvalue weighted by molar-refractivity contribution is 5.80. The molecule has 0 aromatic rings. The third kappa shape index (κ3) is 4.80. The van der Waals surface area contributed by atoms with Gasteiger partial charge in [0, 0.05) is 0 Å².